The Morgan fingerprint density at radius 1 is 1.00 bits per heavy atom. The quantitative estimate of drug-likeness (QED) is 0.121. The van der Waals surface area contributed by atoms with Gasteiger partial charge in [0, 0.05) is 30.3 Å². The van der Waals surface area contributed by atoms with Crippen LogP contribution in [0, 0.1) is 5.41 Å². The van der Waals surface area contributed by atoms with Gasteiger partial charge in [0.2, 0.25) is 11.8 Å². The third-order valence-corrected chi connectivity index (χ3v) is 7.50. The second-order valence-electron chi connectivity index (χ2n) is 9.68. The average molecular weight is 564 g/mol. The summed E-state index contributed by atoms with van der Waals surface area (Å²) in [7, 11) is -4.29. The first kappa shape index (κ1) is 28.7. The van der Waals surface area contributed by atoms with Gasteiger partial charge in [-0.1, -0.05) is 66.7 Å². The summed E-state index contributed by atoms with van der Waals surface area (Å²) in [4.78, 5) is 28.7. The van der Waals surface area contributed by atoms with E-state index in [9.17, 15) is 18.0 Å². The Balaban J connectivity index is 1.59. The summed E-state index contributed by atoms with van der Waals surface area (Å²) < 4.78 is 26.9. The van der Waals surface area contributed by atoms with Gasteiger partial charge in [-0.15, -0.1) is 0 Å². The van der Waals surface area contributed by atoms with E-state index in [-0.39, 0.29) is 24.8 Å². The van der Waals surface area contributed by atoms with Gasteiger partial charge in [0.05, 0.1) is 0 Å². The van der Waals surface area contributed by atoms with Crippen LogP contribution in [0.1, 0.15) is 41.0 Å². The van der Waals surface area contributed by atoms with Crippen LogP contribution in [0.5, 0.6) is 0 Å². The van der Waals surface area contributed by atoms with E-state index in [0.29, 0.717) is 29.7 Å². The number of likely N-dealkylation sites (tertiary alicyclic amines) is 1. The molecule has 0 saturated carbocycles. The van der Waals surface area contributed by atoms with Gasteiger partial charge < -0.3 is 21.7 Å². The average Bonchev–Trinajstić information content (AvgIpc) is 3.41. The highest BCUT2D eigenvalue weighted by molar-refractivity contribution is 7.87. The van der Waals surface area contributed by atoms with Crippen LogP contribution < -0.4 is 26.6 Å². The van der Waals surface area contributed by atoms with Crippen molar-refractivity contribution in [2.45, 2.75) is 37.4 Å². The van der Waals surface area contributed by atoms with Gasteiger partial charge in [-0.3, -0.25) is 15.0 Å². The number of amides is 2. The van der Waals surface area contributed by atoms with Crippen LogP contribution in [0.4, 0.5) is 5.69 Å². The van der Waals surface area contributed by atoms with E-state index in [4.69, 9.17) is 22.0 Å². The van der Waals surface area contributed by atoms with Crippen LogP contribution in [-0.2, 0) is 26.3 Å². The summed E-state index contributed by atoms with van der Waals surface area (Å²) in [6.07, 6.45) is 1.000. The molecular formula is C28H33N7O4S. The standard InChI is InChI=1S/C28H33N7O4S/c29-22-16-18(13-14-21(22)26(30)31)17-33-27(36)23-12-7-15-35(23)28(37)25(34-40(32,38)39)24(19-8-3-1-4-9-19)20-10-5-2-6-11-20/h1-6,8-11,13-14,16,23-25,34H,7,12,15,17,29H2,(H3,30,31)(H,33,36)(H2,32,38,39)/t23-,25?/m0/s1. The van der Waals surface area contributed by atoms with Crippen molar-refractivity contribution in [2.24, 2.45) is 10.9 Å². The number of benzene rings is 3. The summed E-state index contributed by atoms with van der Waals surface area (Å²) in [6, 6.07) is 21.1. The van der Waals surface area contributed by atoms with E-state index in [1.165, 1.54) is 4.90 Å². The summed E-state index contributed by atoms with van der Waals surface area (Å²) >= 11 is 0. The van der Waals surface area contributed by atoms with Crippen molar-refractivity contribution in [3.05, 3.63) is 101 Å². The number of nitrogens with two attached hydrogens (primary N) is 3. The third kappa shape index (κ3) is 6.84. The molecule has 210 valence electrons. The van der Waals surface area contributed by atoms with Crippen molar-refractivity contribution in [3.8, 4) is 0 Å². The lowest BCUT2D eigenvalue weighted by molar-refractivity contribution is -0.140. The third-order valence-electron chi connectivity index (χ3n) is 6.92. The van der Waals surface area contributed by atoms with Crippen LogP contribution in [0.25, 0.3) is 0 Å². The van der Waals surface area contributed by atoms with E-state index in [1.807, 2.05) is 60.7 Å². The van der Waals surface area contributed by atoms with Crippen molar-refractivity contribution in [3.63, 3.8) is 0 Å². The van der Waals surface area contributed by atoms with Crippen molar-refractivity contribution >= 4 is 33.5 Å². The fourth-order valence-electron chi connectivity index (χ4n) is 5.09. The van der Waals surface area contributed by atoms with Crippen molar-refractivity contribution in [2.75, 3.05) is 12.3 Å². The molecule has 12 heteroatoms. The van der Waals surface area contributed by atoms with E-state index in [1.54, 1.807) is 18.2 Å². The van der Waals surface area contributed by atoms with Crippen LogP contribution in [0.3, 0.4) is 0 Å². The van der Waals surface area contributed by atoms with Crippen molar-refractivity contribution < 1.29 is 18.0 Å². The molecule has 2 amide bonds. The highest BCUT2D eigenvalue weighted by Gasteiger charge is 2.42. The van der Waals surface area contributed by atoms with Gasteiger partial charge in [0.1, 0.15) is 17.9 Å². The molecule has 11 nitrogen and oxygen atoms in total. The number of amidine groups is 1. The predicted octanol–water partition coefficient (Wildman–Crippen LogP) is 1.15. The van der Waals surface area contributed by atoms with Crippen molar-refractivity contribution in [1.29, 1.82) is 5.41 Å². The fourth-order valence-corrected chi connectivity index (χ4v) is 5.68. The number of nitrogens with one attached hydrogen (secondary N) is 3. The number of anilines is 1. The van der Waals surface area contributed by atoms with Gasteiger partial charge >= 0.3 is 0 Å². The van der Waals surface area contributed by atoms with Gasteiger partial charge in [0.15, 0.2) is 0 Å². The SMILES string of the molecule is N=C(N)c1ccc(CNC(=O)[C@@H]2CCCN2C(=O)C(NS(N)(=O)=O)C(c2ccccc2)c2ccccc2)cc1N. The van der Waals surface area contributed by atoms with E-state index in [2.05, 4.69) is 10.0 Å². The summed E-state index contributed by atoms with van der Waals surface area (Å²) in [5, 5.41) is 15.8. The van der Waals surface area contributed by atoms with E-state index >= 15 is 0 Å². The molecule has 0 aromatic heterocycles. The topological polar surface area (TPSA) is 197 Å². The molecule has 4 rings (SSSR count). The van der Waals surface area contributed by atoms with E-state index < -0.39 is 34.1 Å². The maximum absolute atomic E-state index is 14.1. The van der Waals surface area contributed by atoms with Gasteiger partial charge in [0.25, 0.3) is 10.2 Å². The molecule has 3 aromatic rings. The highest BCUT2D eigenvalue weighted by atomic mass is 32.2. The first-order chi connectivity index (χ1) is 19.0. The Morgan fingerprint density at radius 2 is 1.60 bits per heavy atom. The number of hydrogen-bond acceptors (Lipinski definition) is 6. The zero-order valence-corrected chi connectivity index (χ0v) is 22.6. The minimum Gasteiger partial charge on any atom is -0.398 e. The molecule has 1 fully saturated rings. The smallest absolute Gasteiger partial charge is 0.275 e. The number of carbonyl (C=O) groups excluding carboxylic acids is 2. The Morgan fingerprint density at radius 3 is 2.12 bits per heavy atom. The number of rotatable bonds is 10. The largest absolute Gasteiger partial charge is 0.398 e. The lowest BCUT2D eigenvalue weighted by atomic mass is 9.84. The summed E-state index contributed by atoms with van der Waals surface area (Å²) in [5.74, 6) is -1.76. The molecule has 40 heavy (non-hydrogen) atoms. The zero-order valence-electron chi connectivity index (χ0n) is 21.8. The number of hydrogen-bond donors (Lipinski definition) is 6. The first-order valence-electron chi connectivity index (χ1n) is 12.8. The van der Waals surface area contributed by atoms with Crippen LogP contribution >= 0.6 is 0 Å². The van der Waals surface area contributed by atoms with Gasteiger partial charge in [-0.05, 0) is 41.7 Å². The molecular weight excluding hydrogens is 530 g/mol. The second-order valence-corrected chi connectivity index (χ2v) is 11.0. The molecule has 0 aliphatic carbocycles. The monoisotopic (exact) mass is 563 g/mol. The molecule has 0 bridgehead atoms. The first-order valence-corrected chi connectivity index (χ1v) is 14.3. The van der Waals surface area contributed by atoms with E-state index in [0.717, 1.165) is 11.1 Å². The molecule has 1 aliphatic rings. The van der Waals surface area contributed by atoms with Gasteiger partial charge in [-0.25, -0.2) is 5.14 Å². The maximum Gasteiger partial charge on any atom is 0.275 e. The summed E-state index contributed by atoms with van der Waals surface area (Å²) in [6.45, 7) is 0.436. The Hall–Kier alpha value is -4.26. The Bertz CT molecular complexity index is 1440. The molecule has 1 unspecified atom stereocenters. The lowest BCUT2D eigenvalue weighted by Crippen LogP contribution is -2.56. The van der Waals surface area contributed by atoms with Crippen LogP contribution in [0.15, 0.2) is 78.9 Å². The molecule has 0 radical (unpaired) electrons. The fraction of sp³-hybridized carbons (Fsp3) is 0.250. The van der Waals surface area contributed by atoms with Crippen LogP contribution in [-0.4, -0.2) is 49.6 Å². The Kier molecular flexibility index (Phi) is 8.83. The lowest BCUT2D eigenvalue weighted by Gasteiger charge is -2.33. The minimum atomic E-state index is -4.29. The van der Waals surface area contributed by atoms with Crippen LogP contribution in [0.2, 0.25) is 0 Å². The zero-order chi connectivity index (χ0) is 28.9. The second kappa shape index (κ2) is 12.3. The maximum atomic E-state index is 14.1. The minimum absolute atomic E-state index is 0.148. The molecule has 1 aliphatic heterocycles. The molecule has 0 spiro atoms. The molecule has 3 aromatic carbocycles. The number of nitrogen functional groups attached to an aromatic ring is 2. The van der Waals surface area contributed by atoms with Gasteiger partial charge in [-0.2, -0.15) is 13.1 Å². The normalized spacial score (nSPS) is 16.1. The predicted molar refractivity (Wildman–Crippen MR) is 153 cm³/mol. The molecule has 2 atom stereocenters. The highest BCUT2D eigenvalue weighted by Crippen LogP contribution is 2.31. The number of nitrogens with zero attached hydrogens (tertiary/aromatic N) is 1. The molecule has 9 N–H and O–H groups in total. The van der Waals surface area contributed by atoms with Crippen molar-refractivity contribution in [1.82, 2.24) is 14.9 Å². The number of carbonyl (C=O) groups is 2. The molecule has 1 saturated heterocycles. The summed E-state index contributed by atoms with van der Waals surface area (Å²) in [5.41, 5.74) is 14.3. The Labute approximate surface area is 233 Å². The molecule has 1 heterocycles.